The van der Waals surface area contributed by atoms with Crippen LogP contribution in [0.15, 0.2) is 83.7 Å². The van der Waals surface area contributed by atoms with Gasteiger partial charge >= 0.3 is 0 Å². The maximum Gasteiger partial charge on any atom is 0.258 e. The molecule has 0 aliphatic heterocycles. The molecule has 0 spiro atoms. The van der Waals surface area contributed by atoms with E-state index in [0.717, 1.165) is 11.3 Å². The molecule has 4 rings (SSSR count). The Hall–Kier alpha value is -3.38. The van der Waals surface area contributed by atoms with E-state index in [1.807, 2.05) is 72.8 Å². The van der Waals surface area contributed by atoms with Crippen molar-refractivity contribution in [3.05, 3.63) is 112 Å². The van der Waals surface area contributed by atoms with Gasteiger partial charge in [0, 0.05) is 17.9 Å². The van der Waals surface area contributed by atoms with Gasteiger partial charge in [0.25, 0.3) is 11.5 Å². The summed E-state index contributed by atoms with van der Waals surface area (Å²) in [6.45, 7) is 0.628. The minimum atomic E-state index is -0.200. The molecular weight excluding hydrogens is 406 g/mol. The summed E-state index contributed by atoms with van der Waals surface area (Å²) >= 11 is 1.74. The van der Waals surface area contributed by atoms with Crippen LogP contribution in [-0.4, -0.2) is 27.0 Å². The maximum absolute atomic E-state index is 13.4. The number of nitrogens with one attached hydrogen (secondary N) is 1. The number of thioether (sulfide) groups is 1. The van der Waals surface area contributed by atoms with E-state index < -0.39 is 0 Å². The summed E-state index contributed by atoms with van der Waals surface area (Å²) < 4.78 is 0. The number of fused-ring (bicyclic) bond motifs is 1. The van der Waals surface area contributed by atoms with Gasteiger partial charge in [-0.25, -0.2) is 4.98 Å². The monoisotopic (exact) mass is 429 g/mol. The molecule has 0 bridgehead atoms. The second-order valence-electron chi connectivity index (χ2n) is 7.31. The average molecular weight is 430 g/mol. The van der Waals surface area contributed by atoms with Crippen LogP contribution in [0.25, 0.3) is 10.9 Å². The fourth-order valence-corrected chi connectivity index (χ4v) is 4.01. The molecule has 0 saturated carbocycles. The van der Waals surface area contributed by atoms with Gasteiger partial charge < -0.3 is 9.88 Å². The zero-order valence-electron chi connectivity index (χ0n) is 17.2. The number of hydrogen-bond acceptors (Lipinski definition) is 4. The van der Waals surface area contributed by atoms with Crippen molar-refractivity contribution in [2.75, 3.05) is 6.26 Å². The van der Waals surface area contributed by atoms with Crippen molar-refractivity contribution >= 4 is 28.6 Å². The van der Waals surface area contributed by atoms with Gasteiger partial charge in [0.2, 0.25) is 0 Å². The Morgan fingerprint density at radius 1 is 0.903 bits per heavy atom. The van der Waals surface area contributed by atoms with Gasteiger partial charge in [-0.05, 0) is 41.6 Å². The third-order valence-electron chi connectivity index (χ3n) is 5.02. The standard InChI is InChI=1S/C25H23N3O2S/c1-31-17-19-11-13-20(14-12-19)25(30)28(15-18-7-3-2-4-8-18)16-23-26-22-10-6-5-9-21(22)24(29)27-23/h2-14H,15-17H2,1H3,(H,26,27,29). The number of para-hydroxylation sites is 1. The molecule has 1 heterocycles. The van der Waals surface area contributed by atoms with Crippen molar-refractivity contribution in [2.45, 2.75) is 18.8 Å². The van der Waals surface area contributed by atoms with Crippen molar-refractivity contribution in [3.8, 4) is 0 Å². The third kappa shape index (κ3) is 5.03. The van der Waals surface area contributed by atoms with Crippen molar-refractivity contribution in [1.82, 2.24) is 14.9 Å². The van der Waals surface area contributed by atoms with Crippen LogP contribution < -0.4 is 5.56 Å². The van der Waals surface area contributed by atoms with Crippen molar-refractivity contribution in [1.29, 1.82) is 0 Å². The third-order valence-corrected chi connectivity index (χ3v) is 5.64. The molecule has 0 fully saturated rings. The van der Waals surface area contributed by atoms with Crippen LogP contribution in [0.3, 0.4) is 0 Å². The number of hydrogen-bond donors (Lipinski definition) is 1. The summed E-state index contributed by atoms with van der Waals surface area (Å²) in [7, 11) is 0. The number of aromatic amines is 1. The van der Waals surface area contributed by atoms with E-state index in [0.29, 0.717) is 28.8 Å². The highest BCUT2D eigenvalue weighted by molar-refractivity contribution is 7.97. The highest BCUT2D eigenvalue weighted by atomic mass is 32.2. The van der Waals surface area contributed by atoms with Crippen LogP contribution in [0.5, 0.6) is 0 Å². The first kappa shape index (κ1) is 20.9. The molecule has 5 nitrogen and oxygen atoms in total. The van der Waals surface area contributed by atoms with Crippen molar-refractivity contribution in [3.63, 3.8) is 0 Å². The van der Waals surface area contributed by atoms with Gasteiger partial charge in [0.15, 0.2) is 0 Å². The van der Waals surface area contributed by atoms with Gasteiger partial charge in [-0.3, -0.25) is 9.59 Å². The number of aromatic nitrogens is 2. The van der Waals surface area contributed by atoms with Gasteiger partial charge in [0.05, 0.1) is 17.4 Å². The molecular formula is C25H23N3O2S. The maximum atomic E-state index is 13.4. The van der Waals surface area contributed by atoms with Crippen LogP contribution >= 0.6 is 11.8 Å². The van der Waals surface area contributed by atoms with Gasteiger partial charge in [0.1, 0.15) is 5.82 Å². The van der Waals surface area contributed by atoms with E-state index >= 15 is 0 Å². The number of carbonyl (C=O) groups is 1. The first-order valence-electron chi connectivity index (χ1n) is 10.0. The van der Waals surface area contributed by atoms with Crippen LogP contribution in [0, 0.1) is 0 Å². The van der Waals surface area contributed by atoms with Crippen LogP contribution in [0.2, 0.25) is 0 Å². The molecule has 1 N–H and O–H groups in total. The largest absolute Gasteiger partial charge is 0.327 e. The lowest BCUT2D eigenvalue weighted by Crippen LogP contribution is -2.31. The minimum absolute atomic E-state index is 0.102. The fourth-order valence-electron chi connectivity index (χ4n) is 3.49. The van der Waals surface area contributed by atoms with E-state index in [1.165, 1.54) is 5.56 Å². The molecule has 0 radical (unpaired) electrons. The molecule has 31 heavy (non-hydrogen) atoms. The number of nitrogens with zero attached hydrogens (tertiary/aromatic N) is 2. The quantitative estimate of drug-likeness (QED) is 0.465. The lowest BCUT2D eigenvalue weighted by molar-refractivity contribution is 0.0725. The summed E-state index contributed by atoms with van der Waals surface area (Å²) in [5.41, 5.74) is 3.23. The fraction of sp³-hybridized carbons (Fsp3) is 0.160. The normalized spacial score (nSPS) is 10.9. The van der Waals surface area contributed by atoms with Crippen molar-refractivity contribution < 1.29 is 4.79 Å². The molecule has 0 aliphatic carbocycles. The SMILES string of the molecule is CSCc1ccc(C(=O)N(Cc2ccccc2)Cc2nc3ccccc3c(=O)[nH]2)cc1. The second kappa shape index (κ2) is 9.62. The first-order chi connectivity index (χ1) is 15.1. The van der Waals surface area contributed by atoms with E-state index in [9.17, 15) is 9.59 Å². The lowest BCUT2D eigenvalue weighted by Gasteiger charge is -2.23. The van der Waals surface area contributed by atoms with Crippen molar-refractivity contribution in [2.24, 2.45) is 0 Å². The van der Waals surface area contributed by atoms with Crippen LogP contribution in [0.1, 0.15) is 27.3 Å². The van der Waals surface area contributed by atoms with Gasteiger partial charge in [-0.15, -0.1) is 0 Å². The first-order valence-corrected chi connectivity index (χ1v) is 11.4. The predicted molar refractivity (Wildman–Crippen MR) is 126 cm³/mol. The van der Waals surface area contributed by atoms with E-state index in [4.69, 9.17) is 0 Å². The molecule has 0 unspecified atom stereocenters. The highest BCUT2D eigenvalue weighted by Crippen LogP contribution is 2.16. The molecule has 156 valence electrons. The summed E-state index contributed by atoms with van der Waals surface area (Å²) in [5, 5.41) is 0.538. The number of carbonyl (C=O) groups excluding carboxylic acids is 1. The lowest BCUT2D eigenvalue weighted by atomic mass is 10.1. The van der Waals surface area contributed by atoms with E-state index in [1.54, 1.807) is 22.7 Å². The van der Waals surface area contributed by atoms with E-state index in [-0.39, 0.29) is 18.0 Å². The molecule has 1 aromatic heterocycles. The Bertz CT molecular complexity index is 1240. The zero-order valence-corrected chi connectivity index (χ0v) is 18.1. The minimum Gasteiger partial charge on any atom is -0.327 e. The second-order valence-corrected chi connectivity index (χ2v) is 8.17. The topological polar surface area (TPSA) is 66.1 Å². The predicted octanol–water partition coefficient (Wildman–Crippen LogP) is 4.63. The van der Waals surface area contributed by atoms with E-state index in [2.05, 4.69) is 16.2 Å². The zero-order chi connectivity index (χ0) is 21.6. The summed E-state index contributed by atoms with van der Waals surface area (Å²) in [5.74, 6) is 1.27. The Kier molecular flexibility index (Phi) is 6.48. The number of benzene rings is 3. The van der Waals surface area contributed by atoms with Gasteiger partial charge in [-0.2, -0.15) is 11.8 Å². The molecule has 3 aromatic carbocycles. The summed E-state index contributed by atoms with van der Waals surface area (Å²) in [6, 6.07) is 24.7. The smallest absolute Gasteiger partial charge is 0.258 e. The molecule has 0 aliphatic rings. The Morgan fingerprint density at radius 3 is 2.35 bits per heavy atom. The number of rotatable bonds is 7. The Balaban J connectivity index is 1.65. The number of H-pyrrole nitrogens is 1. The Labute approximate surface area is 185 Å². The highest BCUT2D eigenvalue weighted by Gasteiger charge is 2.18. The van der Waals surface area contributed by atoms with Crippen LogP contribution in [-0.2, 0) is 18.8 Å². The van der Waals surface area contributed by atoms with Gasteiger partial charge in [-0.1, -0.05) is 54.6 Å². The van der Waals surface area contributed by atoms with Crippen LogP contribution in [0.4, 0.5) is 0 Å². The number of amides is 1. The summed E-state index contributed by atoms with van der Waals surface area (Å²) in [4.78, 5) is 35.0. The molecule has 4 aromatic rings. The Morgan fingerprint density at radius 2 is 1.61 bits per heavy atom. The average Bonchev–Trinajstić information content (AvgIpc) is 2.80. The molecule has 0 saturated heterocycles. The summed E-state index contributed by atoms with van der Waals surface area (Å²) in [6.07, 6.45) is 2.05. The molecule has 1 amide bonds. The molecule has 0 atom stereocenters. The molecule has 6 heteroatoms.